The van der Waals surface area contributed by atoms with Gasteiger partial charge in [-0.05, 0) is 18.6 Å². The maximum Gasteiger partial charge on any atom is 0.314 e. The number of hydrogen-bond donors (Lipinski definition) is 0. The summed E-state index contributed by atoms with van der Waals surface area (Å²) in [7, 11) is 1.39. The molecule has 0 saturated heterocycles. The van der Waals surface area contributed by atoms with Crippen molar-refractivity contribution < 1.29 is 9.53 Å². The minimum atomic E-state index is -0.336. The minimum absolute atomic E-state index is 0.267. The smallest absolute Gasteiger partial charge is 0.314 e. The van der Waals surface area contributed by atoms with Gasteiger partial charge in [-0.3, -0.25) is 4.79 Å². The van der Waals surface area contributed by atoms with E-state index in [0.29, 0.717) is 12.1 Å². The summed E-state index contributed by atoms with van der Waals surface area (Å²) in [5.74, 6) is -0.603. The van der Waals surface area contributed by atoms with E-state index in [4.69, 9.17) is 4.74 Å². The van der Waals surface area contributed by atoms with Gasteiger partial charge in [0.15, 0.2) is 0 Å². The summed E-state index contributed by atoms with van der Waals surface area (Å²) in [4.78, 5) is 11.6. The number of rotatable bonds is 3. The predicted octanol–water partition coefficient (Wildman–Crippen LogP) is 2.30. The maximum atomic E-state index is 11.6. The van der Waals surface area contributed by atoms with Crippen LogP contribution in [-0.2, 0) is 9.53 Å². The first-order valence-electron chi connectivity index (χ1n) is 5.56. The van der Waals surface area contributed by atoms with Crippen molar-refractivity contribution in [3.05, 3.63) is 36.0 Å². The first-order chi connectivity index (χ1) is 8.26. The van der Waals surface area contributed by atoms with Crippen molar-refractivity contribution in [1.29, 1.82) is 0 Å². The van der Waals surface area contributed by atoms with Gasteiger partial charge in [0.2, 0.25) is 0 Å². The van der Waals surface area contributed by atoms with Gasteiger partial charge in [0.25, 0.3) is 0 Å². The summed E-state index contributed by atoms with van der Waals surface area (Å²) in [6.45, 7) is 1.93. The fraction of sp³-hybridized carbons (Fsp3) is 0.308. The topological polar surface area (TPSA) is 52.1 Å². The highest BCUT2D eigenvalue weighted by atomic mass is 16.5. The zero-order chi connectivity index (χ0) is 12.3. The van der Waals surface area contributed by atoms with Gasteiger partial charge in [0.1, 0.15) is 5.92 Å². The Morgan fingerprint density at radius 3 is 2.82 bits per heavy atom. The first kappa shape index (κ1) is 11.5. The van der Waals surface area contributed by atoms with Gasteiger partial charge in [0.05, 0.1) is 18.3 Å². The van der Waals surface area contributed by atoms with Crippen LogP contribution in [0.4, 0.5) is 0 Å². The number of esters is 1. The molecule has 4 heteroatoms. The lowest BCUT2D eigenvalue weighted by molar-refractivity contribution is -0.142. The Bertz CT molecular complexity index is 540. The summed E-state index contributed by atoms with van der Waals surface area (Å²) in [5, 5.41) is 9.19. The minimum Gasteiger partial charge on any atom is -0.469 e. The van der Waals surface area contributed by atoms with E-state index < -0.39 is 0 Å². The first-order valence-corrected chi connectivity index (χ1v) is 5.56. The van der Waals surface area contributed by atoms with E-state index in [1.165, 1.54) is 7.11 Å². The van der Waals surface area contributed by atoms with Crippen molar-refractivity contribution in [1.82, 2.24) is 10.2 Å². The molecule has 0 aliphatic heterocycles. The van der Waals surface area contributed by atoms with Crippen LogP contribution in [0.3, 0.4) is 0 Å². The van der Waals surface area contributed by atoms with Crippen molar-refractivity contribution in [3.8, 4) is 0 Å². The zero-order valence-electron chi connectivity index (χ0n) is 9.88. The van der Waals surface area contributed by atoms with E-state index in [0.717, 1.165) is 10.9 Å². The molecule has 2 rings (SSSR count). The van der Waals surface area contributed by atoms with Crippen LogP contribution in [0.2, 0.25) is 0 Å². The lowest BCUT2D eigenvalue weighted by atomic mass is 10.0. The van der Waals surface area contributed by atoms with Crippen LogP contribution in [0, 0.1) is 0 Å². The van der Waals surface area contributed by atoms with Crippen molar-refractivity contribution in [2.24, 2.45) is 0 Å². The molecule has 0 aliphatic carbocycles. The highest BCUT2D eigenvalue weighted by molar-refractivity contribution is 5.81. The third-order valence-corrected chi connectivity index (χ3v) is 2.76. The fourth-order valence-electron chi connectivity index (χ4n) is 1.81. The zero-order valence-corrected chi connectivity index (χ0v) is 9.88. The molecule has 0 bridgehead atoms. The second-order valence-corrected chi connectivity index (χ2v) is 3.81. The molecule has 1 unspecified atom stereocenters. The number of benzene rings is 1. The van der Waals surface area contributed by atoms with Gasteiger partial charge >= 0.3 is 5.97 Å². The second-order valence-electron chi connectivity index (χ2n) is 3.81. The molecule has 0 amide bonds. The van der Waals surface area contributed by atoms with Gasteiger partial charge in [-0.25, -0.2) is 0 Å². The van der Waals surface area contributed by atoms with Crippen molar-refractivity contribution in [2.45, 2.75) is 19.3 Å². The fourth-order valence-corrected chi connectivity index (χ4v) is 1.81. The van der Waals surface area contributed by atoms with E-state index in [1.54, 1.807) is 0 Å². The van der Waals surface area contributed by atoms with E-state index in [2.05, 4.69) is 10.2 Å². The van der Waals surface area contributed by atoms with Crippen LogP contribution >= 0.6 is 0 Å². The Hall–Kier alpha value is -1.97. The quantitative estimate of drug-likeness (QED) is 0.759. The average Bonchev–Trinajstić information content (AvgIpc) is 2.39. The molecule has 1 aromatic carbocycles. The van der Waals surface area contributed by atoms with Crippen LogP contribution in [0.5, 0.6) is 0 Å². The van der Waals surface area contributed by atoms with Crippen molar-refractivity contribution in [3.63, 3.8) is 0 Å². The summed E-state index contributed by atoms with van der Waals surface area (Å²) in [6.07, 6.45) is 0.652. The Labute approximate surface area is 99.6 Å². The molecule has 1 heterocycles. The number of hydrogen-bond acceptors (Lipinski definition) is 4. The molecule has 0 fully saturated rings. The van der Waals surface area contributed by atoms with Crippen LogP contribution in [0.15, 0.2) is 30.3 Å². The largest absolute Gasteiger partial charge is 0.469 e. The van der Waals surface area contributed by atoms with Crippen molar-refractivity contribution in [2.75, 3.05) is 7.11 Å². The van der Waals surface area contributed by atoms with Crippen molar-refractivity contribution >= 4 is 16.9 Å². The molecule has 0 spiro atoms. The molecule has 0 radical (unpaired) electrons. The summed E-state index contributed by atoms with van der Waals surface area (Å²) in [5.41, 5.74) is 1.49. The number of nitrogens with zero attached hydrogens (tertiary/aromatic N) is 2. The number of carbonyl (C=O) groups is 1. The Balaban J connectivity index is 2.44. The average molecular weight is 230 g/mol. The second kappa shape index (κ2) is 4.91. The highest BCUT2D eigenvalue weighted by Crippen LogP contribution is 2.21. The van der Waals surface area contributed by atoms with Gasteiger partial charge in [-0.2, -0.15) is 10.2 Å². The number of methoxy groups -OCH3 is 1. The van der Waals surface area contributed by atoms with E-state index in [9.17, 15) is 4.79 Å². The van der Waals surface area contributed by atoms with Gasteiger partial charge in [-0.15, -0.1) is 0 Å². The third-order valence-electron chi connectivity index (χ3n) is 2.76. The van der Waals surface area contributed by atoms with Crippen LogP contribution in [0.25, 0.3) is 10.9 Å². The van der Waals surface area contributed by atoms with Crippen LogP contribution in [-0.4, -0.2) is 23.3 Å². The lowest BCUT2D eigenvalue weighted by Crippen LogP contribution is -2.15. The predicted molar refractivity (Wildman–Crippen MR) is 64.6 cm³/mol. The molecule has 0 aliphatic rings. The van der Waals surface area contributed by atoms with Gasteiger partial charge < -0.3 is 4.74 Å². The molecule has 2 aromatic rings. The van der Waals surface area contributed by atoms with E-state index >= 15 is 0 Å². The number of aromatic nitrogens is 2. The third kappa shape index (κ3) is 2.25. The highest BCUT2D eigenvalue weighted by Gasteiger charge is 2.21. The Morgan fingerprint density at radius 2 is 2.12 bits per heavy atom. The molecule has 0 saturated carbocycles. The maximum absolute atomic E-state index is 11.6. The summed E-state index contributed by atoms with van der Waals surface area (Å²) < 4.78 is 4.76. The molecule has 0 N–H and O–H groups in total. The van der Waals surface area contributed by atoms with Crippen LogP contribution < -0.4 is 0 Å². The normalized spacial score (nSPS) is 12.4. The summed E-state index contributed by atoms with van der Waals surface area (Å²) >= 11 is 0. The lowest BCUT2D eigenvalue weighted by Gasteiger charge is -2.11. The Kier molecular flexibility index (Phi) is 3.32. The Morgan fingerprint density at radius 1 is 1.35 bits per heavy atom. The number of ether oxygens (including phenoxy) is 1. The summed E-state index contributed by atoms with van der Waals surface area (Å²) in [6, 6.07) is 9.59. The SMILES string of the molecule is CCC(C(=O)OC)c1cc2ccccc2nn1. The molecule has 88 valence electrons. The number of fused-ring (bicyclic) bond motifs is 1. The molecule has 4 nitrogen and oxygen atoms in total. The van der Waals surface area contributed by atoms with Crippen LogP contribution in [0.1, 0.15) is 25.0 Å². The molecular weight excluding hydrogens is 216 g/mol. The molecule has 1 aromatic heterocycles. The van der Waals surface area contributed by atoms with Gasteiger partial charge in [0, 0.05) is 5.39 Å². The number of carbonyl (C=O) groups excluding carboxylic acids is 1. The molecular formula is C13H14N2O2. The van der Waals surface area contributed by atoms with Gasteiger partial charge in [-0.1, -0.05) is 25.1 Å². The van der Waals surface area contributed by atoms with E-state index in [1.807, 2.05) is 37.3 Å². The monoisotopic (exact) mass is 230 g/mol. The molecule has 17 heavy (non-hydrogen) atoms. The standard InChI is InChI=1S/C13H14N2O2/c1-3-10(13(16)17-2)12-8-9-6-4-5-7-11(9)14-15-12/h4-8,10H,3H2,1-2H3. The molecule has 1 atom stereocenters. The van der Waals surface area contributed by atoms with E-state index in [-0.39, 0.29) is 11.9 Å².